The zero-order valence-electron chi connectivity index (χ0n) is 12.1. The Morgan fingerprint density at radius 2 is 2.15 bits per heavy atom. The first-order valence-electron chi connectivity index (χ1n) is 6.77. The molecule has 0 bridgehead atoms. The van der Waals surface area contributed by atoms with Crippen LogP contribution < -0.4 is 10.1 Å². The first kappa shape index (κ1) is 15.5. The highest BCUT2D eigenvalue weighted by molar-refractivity contribution is 9.10. The van der Waals surface area contributed by atoms with Crippen LogP contribution in [0.2, 0.25) is 0 Å². The highest BCUT2D eigenvalue weighted by Gasteiger charge is 2.19. The number of hydrogen-bond donors (Lipinski definition) is 1. The second kappa shape index (κ2) is 7.25. The molecule has 1 aromatic carbocycles. The number of nitrogens with one attached hydrogen (secondary N) is 1. The number of ether oxygens (including phenoxy) is 1. The molecule has 1 N–H and O–H groups in total. The van der Waals surface area contributed by atoms with Gasteiger partial charge in [-0.25, -0.2) is 0 Å². The van der Waals surface area contributed by atoms with E-state index in [0.29, 0.717) is 0 Å². The molecular weight excluding hydrogens is 334 g/mol. The smallest absolute Gasteiger partial charge is 0.124 e. The van der Waals surface area contributed by atoms with Crippen molar-refractivity contribution in [3.63, 3.8) is 0 Å². The third-order valence-corrected chi connectivity index (χ3v) is 4.93. The van der Waals surface area contributed by atoms with Crippen LogP contribution in [-0.2, 0) is 0 Å². The van der Waals surface area contributed by atoms with Gasteiger partial charge in [0.1, 0.15) is 5.75 Å². The first-order chi connectivity index (χ1) is 9.65. The number of benzene rings is 1. The maximum absolute atomic E-state index is 5.54. The van der Waals surface area contributed by atoms with E-state index in [1.54, 1.807) is 18.4 Å². The van der Waals surface area contributed by atoms with Crippen LogP contribution >= 0.6 is 27.3 Å². The summed E-state index contributed by atoms with van der Waals surface area (Å²) in [4.78, 5) is 1.30. The normalized spacial score (nSPS) is 12.4. The Labute approximate surface area is 133 Å². The van der Waals surface area contributed by atoms with Crippen LogP contribution in [0.25, 0.3) is 0 Å². The molecule has 0 amide bonds. The van der Waals surface area contributed by atoms with E-state index in [9.17, 15) is 0 Å². The molecule has 1 unspecified atom stereocenters. The molecule has 0 aliphatic rings. The molecule has 2 rings (SSSR count). The van der Waals surface area contributed by atoms with E-state index in [-0.39, 0.29) is 6.04 Å². The third-order valence-electron chi connectivity index (χ3n) is 3.17. The Balaban J connectivity index is 2.42. The molecule has 108 valence electrons. The lowest BCUT2D eigenvalue weighted by Gasteiger charge is -2.20. The van der Waals surface area contributed by atoms with E-state index in [1.165, 1.54) is 16.0 Å². The van der Waals surface area contributed by atoms with Gasteiger partial charge in [0.15, 0.2) is 0 Å². The van der Waals surface area contributed by atoms with Crippen molar-refractivity contribution in [3.05, 3.63) is 50.1 Å². The molecule has 0 aliphatic carbocycles. The van der Waals surface area contributed by atoms with E-state index >= 15 is 0 Å². The molecule has 0 radical (unpaired) electrons. The summed E-state index contributed by atoms with van der Waals surface area (Å²) in [6.45, 7) is 5.28. The van der Waals surface area contributed by atoms with E-state index in [2.05, 4.69) is 58.7 Å². The Morgan fingerprint density at radius 1 is 1.35 bits per heavy atom. The molecule has 0 saturated carbocycles. The summed E-state index contributed by atoms with van der Waals surface area (Å²) in [7, 11) is 1.73. The van der Waals surface area contributed by atoms with Crippen molar-refractivity contribution in [1.29, 1.82) is 0 Å². The number of thiophene rings is 1. The second-order valence-electron chi connectivity index (χ2n) is 4.80. The largest absolute Gasteiger partial charge is 0.496 e. The summed E-state index contributed by atoms with van der Waals surface area (Å²) in [6, 6.07) is 8.71. The van der Waals surface area contributed by atoms with Gasteiger partial charge in [-0.1, -0.05) is 24.6 Å². The summed E-state index contributed by atoms with van der Waals surface area (Å²) in [6.07, 6.45) is 1.11. The summed E-state index contributed by atoms with van der Waals surface area (Å²) < 4.78 is 6.67. The summed E-state index contributed by atoms with van der Waals surface area (Å²) in [5.41, 5.74) is 2.45. The lowest BCUT2D eigenvalue weighted by atomic mass is 10.0. The van der Waals surface area contributed by atoms with E-state index in [4.69, 9.17) is 4.74 Å². The SMILES string of the molecule is CCCNC(c1cc(Br)cs1)c1cc(C)ccc1OC. The number of aryl methyl sites for hydroxylation is 1. The van der Waals surface area contributed by atoms with Gasteiger partial charge in [0.25, 0.3) is 0 Å². The van der Waals surface area contributed by atoms with Gasteiger partial charge in [0, 0.05) is 20.3 Å². The zero-order chi connectivity index (χ0) is 14.5. The first-order valence-corrected chi connectivity index (χ1v) is 8.44. The van der Waals surface area contributed by atoms with Gasteiger partial charge in [-0.3, -0.25) is 0 Å². The second-order valence-corrected chi connectivity index (χ2v) is 6.66. The molecule has 20 heavy (non-hydrogen) atoms. The van der Waals surface area contributed by atoms with Gasteiger partial charge in [-0.2, -0.15) is 0 Å². The molecule has 2 nitrogen and oxygen atoms in total. The van der Waals surface area contributed by atoms with Crippen LogP contribution in [0.5, 0.6) is 5.75 Å². The van der Waals surface area contributed by atoms with E-state index in [0.717, 1.165) is 23.2 Å². The van der Waals surface area contributed by atoms with Crippen molar-refractivity contribution in [2.75, 3.05) is 13.7 Å². The Kier molecular flexibility index (Phi) is 5.64. The molecule has 4 heteroatoms. The minimum atomic E-state index is 0.182. The van der Waals surface area contributed by atoms with Gasteiger partial charge >= 0.3 is 0 Å². The Hall–Kier alpha value is -0.840. The molecule has 1 aromatic heterocycles. The summed E-state index contributed by atoms with van der Waals surface area (Å²) >= 11 is 5.31. The van der Waals surface area contributed by atoms with Crippen LogP contribution in [0.15, 0.2) is 34.1 Å². The molecule has 1 heterocycles. The summed E-state index contributed by atoms with van der Waals surface area (Å²) in [5, 5.41) is 5.75. The Morgan fingerprint density at radius 3 is 2.75 bits per heavy atom. The fraction of sp³-hybridized carbons (Fsp3) is 0.375. The molecule has 2 aromatic rings. The molecule has 0 spiro atoms. The minimum Gasteiger partial charge on any atom is -0.496 e. The van der Waals surface area contributed by atoms with Crippen molar-refractivity contribution < 1.29 is 4.74 Å². The standard InChI is InChI=1S/C16H20BrNOS/c1-4-7-18-16(15-9-12(17)10-20-15)13-8-11(2)5-6-14(13)19-3/h5-6,8-10,16,18H,4,7H2,1-3H3. The third kappa shape index (κ3) is 3.62. The van der Waals surface area contributed by atoms with Gasteiger partial charge in [0.05, 0.1) is 13.2 Å². The number of methoxy groups -OCH3 is 1. The van der Waals surface area contributed by atoms with Gasteiger partial charge in [0.2, 0.25) is 0 Å². The average Bonchev–Trinajstić information content (AvgIpc) is 2.86. The quantitative estimate of drug-likeness (QED) is 0.795. The van der Waals surface area contributed by atoms with Crippen LogP contribution in [-0.4, -0.2) is 13.7 Å². The van der Waals surface area contributed by atoms with Crippen molar-refractivity contribution in [2.24, 2.45) is 0 Å². The minimum absolute atomic E-state index is 0.182. The van der Waals surface area contributed by atoms with Crippen molar-refractivity contribution in [1.82, 2.24) is 5.32 Å². The number of halogens is 1. The van der Waals surface area contributed by atoms with Crippen LogP contribution in [0.4, 0.5) is 0 Å². The van der Waals surface area contributed by atoms with Crippen LogP contribution in [0.1, 0.15) is 35.4 Å². The van der Waals surface area contributed by atoms with E-state index in [1.807, 2.05) is 6.07 Å². The number of rotatable bonds is 6. The van der Waals surface area contributed by atoms with Crippen LogP contribution in [0.3, 0.4) is 0 Å². The van der Waals surface area contributed by atoms with Gasteiger partial charge in [-0.15, -0.1) is 11.3 Å². The number of hydrogen-bond acceptors (Lipinski definition) is 3. The molecule has 0 saturated heterocycles. The zero-order valence-corrected chi connectivity index (χ0v) is 14.5. The fourth-order valence-corrected chi connectivity index (χ4v) is 3.75. The molecular formula is C16H20BrNOS. The predicted octanol–water partition coefficient (Wildman–Crippen LogP) is 4.92. The van der Waals surface area contributed by atoms with E-state index < -0.39 is 0 Å². The highest BCUT2D eigenvalue weighted by atomic mass is 79.9. The van der Waals surface area contributed by atoms with Crippen molar-refractivity contribution in [3.8, 4) is 5.75 Å². The highest BCUT2D eigenvalue weighted by Crippen LogP contribution is 2.35. The molecule has 0 fully saturated rings. The lowest BCUT2D eigenvalue weighted by Crippen LogP contribution is -2.23. The van der Waals surface area contributed by atoms with Crippen molar-refractivity contribution in [2.45, 2.75) is 26.3 Å². The fourth-order valence-electron chi connectivity index (χ4n) is 2.21. The van der Waals surface area contributed by atoms with Gasteiger partial charge in [-0.05, 0) is 48.0 Å². The maximum atomic E-state index is 5.54. The lowest BCUT2D eigenvalue weighted by molar-refractivity contribution is 0.404. The van der Waals surface area contributed by atoms with Crippen molar-refractivity contribution >= 4 is 27.3 Å². The monoisotopic (exact) mass is 353 g/mol. The average molecular weight is 354 g/mol. The Bertz CT molecular complexity index is 567. The molecule has 0 aliphatic heterocycles. The maximum Gasteiger partial charge on any atom is 0.124 e. The topological polar surface area (TPSA) is 21.3 Å². The van der Waals surface area contributed by atoms with Gasteiger partial charge < -0.3 is 10.1 Å². The predicted molar refractivity (Wildman–Crippen MR) is 89.9 cm³/mol. The summed E-state index contributed by atoms with van der Waals surface area (Å²) in [5.74, 6) is 0.939. The van der Waals surface area contributed by atoms with Crippen LogP contribution in [0, 0.1) is 6.92 Å². The molecule has 1 atom stereocenters.